The van der Waals surface area contributed by atoms with Crippen molar-refractivity contribution in [2.45, 2.75) is 0 Å². The highest BCUT2D eigenvalue weighted by Crippen LogP contribution is 2.21. The van der Waals surface area contributed by atoms with E-state index in [1.54, 1.807) is 18.3 Å². The van der Waals surface area contributed by atoms with E-state index < -0.39 is 5.97 Å². The van der Waals surface area contributed by atoms with Crippen LogP contribution in [-0.4, -0.2) is 33.1 Å². The predicted molar refractivity (Wildman–Crippen MR) is 58.8 cm³/mol. The molecule has 0 aliphatic rings. The first kappa shape index (κ1) is 11.0. The van der Waals surface area contributed by atoms with E-state index in [9.17, 15) is 4.79 Å². The number of pyridine rings is 1. The second-order valence-electron chi connectivity index (χ2n) is 3.17. The minimum atomic E-state index is -1.09. The van der Waals surface area contributed by atoms with E-state index >= 15 is 0 Å². The second-order valence-corrected chi connectivity index (χ2v) is 3.17. The molecule has 17 heavy (non-hydrogen) atoms. The first-order chi connectivity index (χ1) is 8.22. The van der Waals surface area contributed by atoms with E-state index in [1.165, 1.54) is 19.5 Å². The zero-order valence-electron chi connectivity index (χ0n) is 8.99. The maximum atomic E-state index is 11.1. The Morgan fingerprint density at radius 3 is 2.82 bits per heavy atom. The van der Waals surface area contributed by atoms with E-state index in [0.717, 1.165) is 0 Å². The number of hydrogen-bond acceptors (Lipinski definition) is 5. The zero-order chi connectivity index (χ0) is 12.3. The molecule has 2 rings (SSSR count). The van der Waals surface area contributed by atoms with Crippen molar-refractivity contribution >= 4 is 5.97 Å². The molecular weight excluding hydrogens is 222 g/mol. The fraction of sp³-hybridized carbons (Fsp3) is 0.0909. The summed E-state index contributed by atoms with van der Waals surface area (Å²) >= 11 is 0. The lowest BCUT2D eigenvalue weighted by molar-refractivity contribution is 0.0696. The maximum Gasteiger partial charge on any atom is 0.339 e. The highest BCUT2D eigenvalue weighted by molar-refractivity contribution is 5.94. The van der Waals surface area contributed by atoms with Crippen LogP contribution in [0.25, 0.3) is 11.3 Å². The van der Waals surface area contributed by atoms with Crippen LogP contribution in [0, 0.1) is 0 Å². The van der Waals surface area contributed by atoms with Gasteiger partial charge in [0.25, 0.3) is 0 Å². The van der Waals surface area contributed by atoms with Gasteiger partial charge in [0.2, 0.25) is 0 Å². The number of carboxylic acid groups (broad SMARTS) is 1. The van der Waals surface area contributed by atoms with E-state index in [4.69, 9.17) is 9.84 Å². The van der Waals surface area contributed by atoms with Gasteiger partial charge in [-0.1, -0.05) is 0 Å². The van der Waals surface area contributed by atoms with E-state index in [2.05, 4.69) is 15.0 Å². The third-order valence-corrected chi connectivity index (χ3v) is 2.11. The summed E-state index contributed by atoms with van der Waals surface area (Å²) in [6.45, 7) is 0. The summed E-state index contributed by atoms with van der Waals surface area (Å²) in [4.78, 5) is 22.8. The van der Waals surface area contributed by atoms with Crippen LogP contribution >= 0.6 is 0 Å². The van der Waals surface area contributed by atoms with Gasteiger partial charge in [-0.3, -0.25) is 4.98 Å². The number of ether oxygens (including phenoxy) is 1. The maximum absolute atomic E-state index is 11.1. The topological polar surface area (TPSA) is 85.2 Å². The predicted octanol–water partition coefficient (Wildman–Crippen LogP) is 1.25. The van der Waals surface area contributed by atoms with Crippen molar-refractivity contribution in [2.24, 2.45) is 0 Å². The molecule has 86 valence electrons. The molecule has 2 aromatic heterocycles. The van der Waals surface area contributed by atoms with Gasteiger partial charge >= 0.3 is 12.0 Å². The van der Waals surface area contributed by atoms with Crippen LogP contribution in [0.15, 0.2) is 30.7 Å². The molecular formula is C11H9N3O3. The Bertz CT molecular complexity index is 543. The van der Waals surface area contributed by atoms with Crippen molar-refractivity contribution in [1.29, 1.82) is 0 Å². The van der Waals surface area contributed by atoms with Gasteiger partial charge in [0.05, 0.1) is 12.8 Å². The molecule has 2 aromatic rings. The normalized spacial score (nSPS) is 9.94. The minimum absolute atomic E-state index is 0.0128. The lowest BCUT2D eigenvalue weighted by atomic mass is 10.1. The summed E-state index contributed by atoms with van der Waals surface area (Å²) in [5, 5.41) is 9.05. The molecule has 0 aliphatic carbocycles. The summed E-state index contributed by atoms with van der Waals surface area (Å²) in [5.74, 6) is -1.09. The molecule has 0 aromatic carbocycles. The van der Waals surface area contributed by atoms with Crippen LogP contribution < -0.4 is 4.74 Å². The molecule has 0 saturated carbocycles. The van der Waals surface area contributed by atoms with Crippen LogP contribution in [0.3, 0.4) is 0 Å². The molecule has 6 heteroatoms. The third-order valence-electron chi connectivity index (χ3n) is 2.11. The molecule has 0 fully saturated rings. The van der Waals surface area contributed by atoms with Crippen LogP contribution in [0.4, 0.5) is 0 Å². The van der Waals surface area contributed by atoms with Crippen molar-refractivity contribution in [3.63, 3.8) is 0 Å². The number of rotatable bonds is 3. The Labute approximate surface area is 96.9 Å². The lowest BCUT2D eigenvalue weighted by Crippen LogP contribution is -2.04. The smallest absolute Gasteiger partial charge is 0.339 e. The van der Waals surface area contributed by atoms with Crippen molar-refractivity contribution < 1.29 is 14.6 Å². The first-order valence-corrected chi connectivity index (χ1v) is 4.77. The van der Waals surface area contributed by atoms with Crippen molar-refractivity contribution in [2.75, 3.05) is 7.11 Å². The number of aromatic nitrogens is 3. The van der Waals surface area contributed by atoms with Crippen LogP contribution in [-0.2, 0) is 0 Å². The minimum Gasteiger partial charge on any atom is -0.478 e. The van der Waals surface area contributed by atoms with E-state index in [1.807, 2.05) is 0 Å². The van der Waals surface area contributed by atoms with Gasteiger partial charge in [-0.15, -0.1) is 0 Å². The summed E-state index contributed by atoms with van der Waals surface area (Å²) in [6, 6.07) is 3.55. The molecule has 1 N–H and O–H groups in total. The molecule has 0 radical (unpaired) electrons. The SMILES string of the molecule is COc1ncc(C(=O)O)c(-c2cccnc2)n1. The largest absolute Gasteiger partial charge is 0.478 e. The third kappa shape index (κ3) is 2.20. The number of aromatic carboxylic acids is 1. The number of hydrogen-bond donors (Lipinski definition) is 1. The Morgan fingerprint density at radius 1 is 1.41 bits per heavy atom. The number of carbonyl (C=O) groups is 1. The molecule has 0 bridgehead atoms. The van der Waals surface area contributed by atoms with Crippen LogP contribution in [0.1, 0.15) is 10.4 Å². The number of nitrogens with zero attached hydrogens (tertiary/aromatic N) is 3. The summed E-state index contributed by atoms with van der Waals surface area (Å²) in [6.07, 6.45) is 4.35. The van der Waals surface area contributed by atoms with Gasteiger partial charge in [0.1, 0.15) is 5.56 Å². The highest BCUT2D eigenvalue weighted by Gasteiger charge is 2.15. The fourth-order valence-corrected chi connectivity index (χ4v) is 1.34. The van der Waals surface area contributed by atoms with E-state index in [0.29, 0.717) is 5.56 Å². The van der Waals surface area contributed by atoms with Crippen LogP contribution in [0.2, 0.25) is 0 Å². The molecule has 0 aliphatic heterocycles. The quantitative estimate of drug-likeness (QED) is 0.855. The molecule has 2 heterocycles. The first-order valence-electron chi connectivity index (χ1n) is 4.77. The summed E-state index contributed by atoms with van der Waals surface area (Å²) in [7, 11) is 1.42. The van der Waals surface area contributed by atoms with Gasteiger partial charge in [0, 0.05) is 24.2 Å². The summed E-state index contributed by atoms with van der Waals surface area (Å²) in [5.41, 5.74) is 0.904. The Balaban J connectivity index is 2.61. The fourth-order valence-electron chi connectivity index (χ4n) is 1.34. The van der Waals surface area contributed by atoms with Gasteiger partial charge in [-0.05, 0) is 12.1 Å². The standard InChI is InChI=1S/C11H9N3O3/c1-17-11-13-6-8(10(15)16)9(14-11)7-3-2-4-12-5-7/h2-6H,1H3,(H,15,16). The van der Waals surface area contributed by atoms with Gasteiger partial charge in [-0.25, -0.2) is 9.78 Å². The molecule has 0 amide bonds. The molecule has 0 atom stereocenters. The monoisotopic (exact) mass is 231 g/mol. The Morgan fingerprint density at radius 2 is 2.24 bits per heavy atom. The molecule has 6 nitrogen and oxygen atoms in total. The highest BCUT2D eigenvalue weighted by atomic mass is 16.5. The van der Waals surface area contributed by atoms with Crippen molar-refractivity contribution in [1.82, 2.24) is 15.0 Å². The molecule has 0 saturated heterocycles. The Hall–Kier alpha value is -2.50. The molecule has 0 unspecified atom stereocenters. The lowest BCUT2D eigenvalue weighted by Gasteiger charge is -2.05. The number of methoxy groups -OCH3 is 1. The summed E-state index contributed by atoms with van der Waals surface area (Å²) < 4.78 is 4.88. The molecule has 0 spiro atoms. The zero-order valence-corrected chi connectivity index (χ0v) is 8.99. The van der Waals surface area contributed by atoms with Gasteiger partial charge < -0.3 is 9.84 Å². The van der Waals surface area contributed by atoms with E-state index in [-0.39, 0.29) is 17.3 Å². The second kappa shape index (κ2) is 4.56. The van der Waals surface area contributed by atoms with Crippen molar-refractivity contribution in [3.8, 4) is 17.3 Å². The average molecular weight is 231 g/mol. The van der Waals surface area contributed by atoms with Gasteiger partial charge in [-0.2, -0.15) is 4.98 Å². The number of carboxylic acids is 1. The Kier molecular flexibility index (Phi) is 2.95. The van der Waals surface area contributed by atoms with Crippen LogP contribution in [0.5, 0.6) is 6.01 Å². The van der Waals surface area contributed by atoms with Crippen molar-refractivity contribution in [3.05, 3.63) is 36.3 Å². The van der Waals surface area contributed by atoms with Gasteiger partial charge in [0.15, 0.2) is 0 Å². The average Bonchev–Trinajstić information content (AvgIpc) is 2.39.